The lowest BCUT2D eigenvalue weighted by Gasteiger charge is -2.39. The van der Waals surface area contributed by atoms with Crippen molar-refractivity contribution in [2.45, 2.75) is 25.3 Å². The number of aryl methyl sites for hydroxylation is 1. The molecule has 1 fully saturated rings. The first kappa shape index (κ1) is 21.5. The van der Waals surface area contributed by atoms with Gasteiger partial charge in [-0.3, -0.25) is 4.79 Å². The van der Waals surface area contributed by atoms with Gasteiger partial charge < -0.3 is 35.0 Å². The molecular formula is C20H22BNO8. The molecular weight excluding hydrogens is 393 g/mol. The molecule has 3 rings (SSSR count). The molecule has 5 N–H and O–H groups in total. The van der Waals surface area contributed by atoms with Crippen LogP contribution in [0.5, 0.6) is 17.2 Å². The van der Waals surface area contributed by atoms with Gasteiger partial charge in [-0.25, -0.2) is 4.79 Å². The minimum Gasteiger partial charge on any atom is -0.508 e. The number of benzene rings is 2. The van der Waals surface area contributed by atoms with Gasteiger partial charge in [-0.15, -0.1) is 0 Å². The van der Waals surface area contributed by atoms with Crippen molar-refractivity contribution in [1.82, 2.24) is 4.90 Å². The summed E-state index contributed by atoms with van der Waals surface area (Å²) in [5.74, 6) is -1.84. The Balaban J connectivity index is 1.60. The van der Waals surface area contributed by atoms with Crippen LogP contribution >= 0.6 is 0 Å². The number of hydrogen-bond acceptors (Lipinski definition) is 7. The number of phenolic OH excluding ortho intramolecular Hbond substituents is 1. The van der Waals surface area contributed by atoms with Gasteiger partial charge in [0.05, 0.1) is 19.5 Å². The molecule has 0 bridgehead atoms. The predicted octanol–water partition coefficient (Wildman–Crippen LogP) is 0.644. The largest absolute Gasteiger partial charge is 0.508 e. The van der Waals surface area contributed by atoms with Crippen molar-refractivity contribution in [2.24, 2.45) is 0 Å². The van der Waals surface area contributed by atoms with E-state index in [9.17, 15) is 24.9 Å². The highest BCUT2D eigenvalue weighted by molar-refractivity contribution is 6.41. The van der Waals surface area contributed by atoms with Crippen LogP contribution in [0, 0.1) is 0 Å². The van der Waals surface area contributed by atoms with Crippen LogP contribution in [0.15, 0.2) is 36.4 Å². The van der Waals surface area contributed by atoms with Crippen molar-refractivity contribution >= 4 is 19.0 Å². The number of carboxylic acids is 1. The Hall–Kier alpha value is -3.24. The SMILES string of the molecule is O=C(O)c1c(OC2CN(C(=O)Cc3ccc(O)cc3)C2)ccc(CCB(O)O)c1O. The fraction of sp³-hybridized carbons (Fsp3) is 0.300. The molecule has 1 aliphatic rings. The highest BCUT2D eigenvalue weighted by Crippen LogP contribution is 2.34. The van der Waals surface area contributed by atoms with Crippen LogP contribution in [0.25, 0.3) is 0 Å². The van der Waals surface area contributed by atoms with Gasteiger partial charge >= 0.3 is 13.1 Å². The van der Waals surface area contributed by atoms with Gasteiger partial charge in [0.2, 0.25) is 5.91 Å². The molecule has 0 atom stereocenters. The second kappa shape index (κ2) is 9.06. The van der Waals surface area contributed by atoms with E-state index in [2.05, 4.69) is 0 Å². The maximum atomic E-state index is 12.3. The lowest BCUT2D eigenvalue weighted by Crippen LogP contribution is -2.56. The van der Waals surface area contributed by atoms with Gasteiger partial charge in [-0.05, 0) is 42.1 Å². The Bertz CT molecular complexity index is 925. The summed E-state index contributed by atoms with van der Waals surface area (Å²) in [5, 5.41) is 46.9. The second-order valence-corrected chi connectivity index (χ2v) is 7.15. The van der Waals surface area contributed by atoms with E-state index in [0.29, 0.717) is 0 Å². The number of hydrogen-bond donors (Lipinski definition) is 5. The number of nitrogens with zero attached hydrogens (tertiary/aromatic N) is 1. The Morgan fingerprint density at radius 3 is 2.33 bits per heavy atom. The van der Waals surface area contributed by atoms with Crippen LogP contribution in [0.3, 0.4) is 0 Å². The molecule has 158 valence electrons. The average Bonchev–Trinajstić information content (AvgIpc) is 2.64. The normalized spacial score (nSPS) is 13.6. The maximum Gasteiger partial charge on any atom is 0.451 e. The van der Waals surface area contributed by atoms with Gasteiger partial charge in [0.15, 0.2) is 0 Å². The summed E-state index contributed by atoms with van der Waals surface area (Å²) in [4.78, 5) is 25.5. The molecule has 0 aliphatic carbocycles. The fourth-order valence-corrected chi connectivity index (χ4v) is 3.20. The van der Waals surface area contributed by atoms with Crippen LogP contribution in [0.4, 0.5) is 0 Å². The van der Waals surface area contributed by atoms with Crippen molar-refractivity contribution in [2.75, 3.05) is 13.1 Å². The van der Waals surface area contributed by atoms with Crippen LogP contribution in [-0.2, 0) is 17.6 Å². The summed E-state index contributed by atoms with van der Waals surface area (Å²) in [5.41, 5.74) is 0.643. The maximum absolute atomic E-state index is 12.3. The van der Waals surface area contributed by atoms with Gasteiger partial charge in [0.1, 0.15) is 28.9 Å². The van der Waals surface area contributed by atoms with Gasteiger partial charge in [0, 0.05) is 0 Å². The Labute approximate surface area is 172 Å². The summed E-state index contributed by atoms with van der Waals surface area (Å²) < 4.78 is 5.68. The van der Waals surface area contributed by atoms with Crippen molar-refractivity contribution in [3.05, 3.63) is 53.1 Å². The van der Waals surface area contributed by atoms with Gasteiger partial charge in [-0.2, -0.15) is 0 Å². The first-order valence-electron chi connectivity index (χ1n) is 9.41. The zero-order chi connectivity index (χ0) is 21.8. The summed E-state index contributed by atoms with van der Waals surface area (Å²) in [7, 11) is -1.56. The van der Waals surface area contributed by atoms with Gasteiger partial charge in [-0.1, -0.05) is 18.2 Å². The van der Waals surface area contributed by atoms with Crippen LogP contribution in [0.1, 0.15) is 21.5 Å². The van der Waals surface area contributed by atoms with Crippen molar-refractivity contribution in [1.29, 1.82) is 0 Å². The molecule has 0 radical (unpaired) electrons. The number of amides is 1. The number of carbonyl (C=O) groups is 2. The molecule has 1 amide bonds. The van der Waals surface area contributed by atoms with Crippen LogP contribution in [-0.4, -0.2) is 68.5 Å². The quantitative estimate of drug-likeness (QED) is 0.395. The van der Waals surface area contributed by atoms with E-state index < -0.39 is 30.5 Å². The second-order valence-electron chi connectivity index (χ2n) is 7.15. The van der Waals surface area contributed by atoms with E-state index in [-0.39, 0.29) is 55.2 Å². The Kier molecular flexibility index (Phi) is 6.48. The Morgan fingerprint density at radius 1 is 1.07 bits per heavy atom. The van der Waals surface area contributed by atoms with E-state index >= 15 is 0 Å². The molecule has 0 unspecified atom stereocenters. The summed E-state index contributed by atoms with van der Waals surface area (Å²) in [6.07, 6.45) is -0.184. The molecule has 0 saturated carbocycles. The van der Waals surface area contributed by atoms with Gasteiger partial charge in [0.25, 0.3) is 0 Å². The molecule has 9 nitrogen and oxygen atoms in total. The fourth-order valence-electron chi connectivity index (χ4n) is 3.20. The molecule has 2 aromatic carbocycles. The molecule has 1 aliphatic heterocycles. The van der Waals surface area contributed by atoms with Crippen molar-refractivity contribution < 1.29 is 39.7 Å². The number of rotatable bonds is 8. The molecule has 30 heavy (non-hydrogen) atoms. The number of carboxylic acid groups (broad SMARTS) is 1. The minimum atomic E-state index is -1.56. The van der Waals surface area contributed by atoms with Crippen LogP contribution in [0.2, 0.25) is 6.32 Å². The van der Waals surface area contributed by atoms with E-state index in [1.165, 1.54) is 24.3 Å². The van der Waals surface area contributed by atoms with Crippen LogP contribution < -0.4 is 4.74 Å². The molecule has 0 spiro atoms. The third-order valence-electron chi connectivity index (χ3n) is 4.90. The topological polar surface area (TPSA) is 148 Å². The monoisotopic (exact) mass is 415 g/mol. The molecule has 10 heteroatoms. The average molecular weight is 415 g/mol. The molecule has 0 aromatic heterocycles. The summed E-state index contributed by atoms with van der Waals surface area (Å²) >= 11 is 0. The number of ether oxygens (including phenoxy) is 1. The van der Waals surface area contributed by atoms with E-state index in [1.807, 2.05) is 0 Å². The minimum absolute atomic E-state index is 0.0102. The summed E-state index contributed by atoms with van der Waals surface area (Å²) in [6, 6.07) is 9.25. The van der Waals surface area contributed by atoms with E-state index in [1.54, 1.807) is 17.0 Å². The number of aromatic hydroxyl groups is 2. The zero-order valence-electron chi connectivity index (χ0n) is 16.1. The molecule has 1 heterocycles. The number of likely N-dealkylation sites (tertiary alicyclic amines) is 1. The number of carbonyl (C=O) groups excluding carboxylic acids is 1. The highest BCUT2D eigenvalue weighted by Gasteiger charge is 2.33. The number of aromatic carboxylic acids is 1. The lowest BCUT2D eigenvalue weighted by atomic mass is 9.82. The molecule has 2 aromatic rings. The number of phenols is 2. The summed E-state index contributed by atoms with van der Waals surface area (Å²) in [6.45, 7) is 0.574. The van der Waals surface area contributed by atoms with Crippen molar-refractivity contribution in [3.8, 4) is 17.2 Å². The third-order valence-corrected chi connectivity index (χ3v) is 4.90. The molecule has 1 saturated heterocycles. The zero-order valence-corrected chi connectivity index (χ0v) is 16.1. The standard InChI is InChI=1S/C20H22BNO8/c23-14-4-1-12(2-5-14)9-17(24)22-10-15(11-22)30-16-6-3-13(7-8-21(28)29)19(25)18(16)20(26)27/h1-6,15,23,25,28-29H,7-11H2,(H,26,27). The first-order valence-corrected chi connectivity index (χ1v) is 9.41. The predicted molar refractivity (Wildman–Crippen MR) is 107 cm³/mol. The smallest absolute Gasteiger partial charge is 0.451 e. The van der Waals surface area contributed by atoms with E-state index in [4.69, 9.17) is 14.8 Å². The first-order chi connectivity index (χ1) is 14.2. The van der Waals surface area contributed by atoms with Crippen molar-refractivity contribution in [3.63, 3.8) is 0 Å². The Morgan fingerprint density at radius 2 is 1.73 bits per heavy atom. The lowest BCUT2D eigenvalue weighted by molar-refractivity contribution is -0.139. The third kappa shape index (κ3) is 5.02. The highest BCUT2D eigenvalue weighted by atomic mass is 16.5. The van der Waals surface area contributed by atoms with E-state index in [0.717, 1.165) is 5.56 Å².